The fraction of sp³-hybridized carbons (Fsp3) is 0.769. The van der Waals surface area contributed by atoms with E-state index in [1.807, 2.05) is 12.3 Å². The van der Waals surface area contributed by atoms with Crippen molar-refractivity contribution in [3.8, 4) is 0 Å². The molecule has 1 unspecified atom stereocenters. The summed E-state index contributed by atoms with van der Waals surface area (Å²) in [7, 11) is 0. The van der Waals surface area contributed by atoms with E-state index in [1.54, 1.807) is 0 Å². The number of allylic oxidation sites excluding steroid dienone is 1. The third kappa shape index (κ3) is 4.90. The van der Waals surface area contributed by atoms with Crippen LogP contribution in [0.3, 0.4) is 0 Å². The van der Waals surface area contributed by atoms with E-state index in [-0.39, 0.29) is 6.61 Å². The first-order valence-electron chi connectivity index (χ1n) is 6.36. The van der Waals surface area contributed by atoms with Crippen LogP contribution in [0.1, 0.15) is 38.5 Å². The van der Waals surface area contributed by atoms with E-state index in [0.717, 1.165) is 25.9 Å². The van der Waals surface area contributed by atoms with Crippen molar-refractivity contribution >= 4 is 6.21 Å². The fourth-order valence-electron chi connectivity index (χ4n) is 2.08. The van der Waals surface area contributed by atoms with Crippen LogP contribution in [0.5, 0.6) is 0 Å². The molecule has 1 heterocycles. The molecule has 1 rings (SSSR count). The van der Waals surface area contributed by atoms with Crippen LogP contribution < -0.4 is 0 Å². The maximum atomic E-state index is 8.91. The van der Waals surface area contributed by atoms with E-state index in [4.69, 9.17) is 5.11 Å². The number of nitrogens with zero attached hydrogens (tertiary/aromatic N) is 2. The maximum Gasteiger partial charge on any atom is 0.102 e. The Labute approximate surface area is 98.9 Å². The highest BCUT2D eigenvalue weighted by Crippen LogP contribution is 2.15. The Balaban J connectivity index is 2.03. The lowest BCUT2D eigenvalue weighted by atomic mass is 10.1. The molecule has 16 heavy (non-hydrogen) atoms. The summed E-state index contributed by atoms with van der Waals surface area (Å²) in [5.41, 5.74) is 0. The number of hydrogen-bond donors (Lipinski definition) is 1. The van der Waals surface area contributed by atoms with Gasteiger partial charge in [0.15, 0.2) is 0 Å². The first-order valence-corrected chi connectivity index (χ1v) is 6.36. The molecule has 92 valence electrons. The standard InChI is InChI=1S/C13H24N2O/c1-2-3-4-5-6-7-8-13-14-9-10-15(13)11-12-16/h2,9,13,16H,1,3-8,10-12H2. The van der Waals surface area contributed by atoms with Crippen LogP contribution in [0.4, 0.5) is 0 Å². The van der Waals surface area contributed by atoms with E-state index in [1.165, 1.54) is 25.7 Å². The Morgan fingerprint density at radius 1 is 1.38 bits per heavy atom. The number of aliphatic hydroxyl groups excluding tert-OH is 1. The smallest absolute Gasteiger partial charge is 0.102 e. The summed E-state index contributed by atoms with van der Waals surface area (Å²) in [6.07, 6.45) is 11.6. The second-order valence-electron chi connectivity index (χ2n) is 4.31. The summed E-state index contributed by atoms with van der Waals surface area (Å²) in [5, 5.41) is 8.91. The van der Waals surface area contributed by atoms with Gasteiger partial charge in [-0.3, -0.25) is 9.89 Å². The molecule has 1 aliphatic heterocycles. The lowest BCUT2D eigenvalue weighted by molar-refractivity contribution is 0.176. The summed E-state index contributed by atoms with van der Waals surface area (Å²) in [4.78, 5) is 6.68. The first-order chi connectivity index (χ1) is 7.88. The minimum Gasteiger partial charge on any atom is -0.395 e. The number of rotatable bonds is 9. The molecule has 0 fully saturated rings. The van der Waals surface area contributed by atoms with Gasteiger partial charge in [0.25, 0.3) is 0 Å². The molecule has 0 aromatic heterocycles. The van der Waals surface area contributed by atoms with E-state index >= 15 is 0 Å². The van der Waals surface area contributed by atoms with Crippen LogP contribution in [0.2, 0.25) is 0 Å². The van der Waals surface area contributed by atoms with Crippen molar-refractivity contribution in [1.82, 2.24) is 4.90 Å². The normalized spacial score (nSPS) is 20.4. The minimum absolute atomic E-state index is 0.235. The molecule has 0 bridgehead atoms. The monoisotopic (exact) mass is 224 g/mol. The number of β-amino-alcohol motifs (C(OH)–C–C–N with tert-alkyl or cyclic N) is 1. The average Bonchev–Trinajstić information content (AvgIpc) is 2.72. The lowest BCUT2D eigenvalue weighted by Gasteiger charge is -2.21. The van der Waals surface area contributed by atoms with Crippen LogP contribution in [-0.2, 0) is 0 Å². The molecule has 0 amide bonds. The van der Waals surface area contributed by atoms with Gasteiger partial charge in [-0.15, -0.1) is 6.58 Å². The van der Waals surface area contributed by atoms with Gasteiger partial charge in [0.05, 0.1) is 6.61 Å². The molecular formula is C13H24N2O. The molecule has 0 saturated carbocycles. The largest absolute Gasteiger partial charge is 0.395 e. The maximum absolute atomic E-state index is 8.91. The topological polar surface area (TPSA) is 35.8 Å². The number of hydrogen-bond acceptors (Lipinski definition) is 3. The van der Waals surface area contributed by atoms with Gasteiger partial charge in [-0.2, -0.15) is 0 Å². The molecule has 0 aliphatic carbocycles. The molecule has 0 radical (unpaired) electrons. The van der Waals surface area contributed by atoms with Gasteiger partial charge in [0, 0.05) is 19.3 Å². The summed E-state index contributed by atoms with van der Waals surface area (Å²) >= 11 is 0. The number of aliphatic hydroxyl groups is 1. The molecule has 3 nitrogen and oxygen atoms in total. The zero-order valence-corrected chi connectivity index (χ0v) is 10.1. The molecule has 1 N–H and O–H groups in total. The van der Waals surface area contributed by atoms with Crippen molar-refractivity contribution in [1.29, 1.82) is 0 Å². The predicted molar refractivity (Wildman–Crippen MR) is 68.8 cm³/mol. The van der Waals surface area contributed by atoms with Gasteiger partial charge in [-0.25, -0.2) is 0 Å². The highest BCUT2D eigenvalue weighted by atomic mass is 16.3. The SMILES string of the molecule is C=CCCCCCCC1N=CCN1CCO. The predicted octanol–water partition coefficient (Wildman–Crippen LogP) is 2.22. The fourth-order valence-corrected chi connectivity index (χ4v) is 2.08. The summed E-state index contributed by atoms with van der Waals surface area (Å²) < 4.78 is 0. The lowest BCUT2D eigenvalue weighted by Crippen LogP contribution is -2.32. The summed E-state index contributed by atoms with van der Waals surface area (Å²) in [5.74, 6) is 0. The Morgan fingerprint density at radius 3 is 2.94 bits per heavy atom. The molecular weight excluding hydrogens is 200 g/mol. The van der Waals surface area contributed by atoms with Crippen LogP contribution in [0.15, 0.2) is 17.6 Å². The zero-order valence-electron chi connectivity index (χ0n) is 10.1. The third-order valence-electron chi connectivity index (χ3n) is 3.02. The van der Waals surface area contributed by atoms with Gasteiger partial charge < -0.3 is 5.11 Å². The van der Waals surface area contributed by atoms with E-state index in [2.05, 4.69) is 16.5 Å². The Hall–Kier alpha value is -0.670. The van der Waals surface area contributed by atoms with Crippen molar-refractivity contribution in [3.63, 3.8) is 0 Å². The van der Waals surface area contributed by atoms with Gasteiger partial charge in [0.2, 0.25) is 0 Å². The highest BCUT2D eigenvalue weighted by Gasteiger charge is 2.19. The highest BCUT2D eigenvalue weighted by molar-refractivity contribution is 5.62. The van der Waals surface area contributed by atoms with Crippen LogP contribution in [-0.4, -0.2) is 42.1 Å². The van der Waals surface area contributed by atoms with Crippen molar-refractivity contribution < 1.29 is 5.11 Å². The number of unbranched alkanes of at least 4 members (excludes halogenated alkanes) is 4. The second kappa shape index (κ2) is 8.48. The van der Waals surface area contributed by atoms with Crippen LogP contribution in [0.25, 0.3) is 0 Å². The molecule has 0 spiro atoms. The third-order valence-corrected chi connectivity index (χ3v) is 3.02. The van der Waals surface area contributed by atoms with Crippen molar-refractivity contribution in [2.24, 2.45) is 4.99 Å². The molecule has 0 aromatic carbocycles. The Kier molecular flexibility index (Phi) is 7.10. The molecule has 3 heteroatoms. The molecule has 1 aliphatic rings. The number of aliphatic imine (C=N–C) groups is 1. The van der Waals surface area contributed by atoms with Crippen molar-refractivity contribution in [2.75, 3.05) is 19.7 Å². The van der Waals surface area contributed by atoms with Gasteiger partial charge in [0.1, 0.15) is 6.17 Å². The molecule has 1 atom stereocenters. The van der Waals surface area contributed by atoms with E-state index in [0.29, 0.717) is 6.17 Å². The molecule has 0 saturated heterocycles. The van der Waals surface area contributed by atoms with E-state index < -0.39 is 0 Å². The van der Waals surface area contributed by atoms with Gasteiger partial charge >= 0.3 is 0 Å². The van der Waals surface area contributed by atoms with Crippen LogP contribution in [0, 0.1) is 0 Å². The van der Waals surface area contributed by atoms with E-state index in [9.17, 15) is 0 Å². The van der Waals surface area contributed by atoms with Gasteiger partial charge in [-0.05, 0) is 25.7 Å². The minimum atomic E-state index is 0.235. The van der Waals surface area contributed by atoms with Crippen molar-refractivity contribution in [3.05, 3.63) is 12.7 Å². The Morgan fingerprint density at radius 2 is 2.19 bits per heavy atom. The molecule has 0 aromatic rings. The van der Waals surface area contributed by atoms with Crippen LogP contribution >= 0.6 is 0 Å². The second-order valence-corrected chi connectivity index (χ2v) is 4.31. The average molecular weight is 224 g/mol. The van der Waals surface area contributed by atoms with Gasteiger partial charge in [-0.1, -0.05) is 18.9 Å². The quantitative estimate of drug-likeness (QED) is 0.481. The zero-order chi connectivity index (χ0) is 11.6. The summed E-state index contributed by atoms with van der Waals surface area (Å²) in [6, 6.07) is 0. The first kappa shape index (κ1) is 13.4. The Bertz CT molecular complexity index is 216. The summed E-state index contributed by atoms with van der Waals surface area (Å²) in [6.45, 7) is 5.61. The van der Waals surface area contributed by atoms with Crippen molar-refractivity contribution in [2.45, 2.75) is 44.7 Å².